The van der Waals surface area contributed by atoms with Gasteiger partial charge in [-0.05, 0) is 88.6 Å². The normalized spacial score (nSPS) is 25.6. The zero-order valence-corrected chi connectivity index (χ0v) is 18.2. The van der Waals surface area contributed by atoms with Gasteiger partial charge in [0.1, 0.15) is 0 Å². The van der Waals surface area contributed by atoms with Crippen LogP contribution in [0.5, 0.6) is 0 Å². The van der Waals surface area contributed by atoms with Crippen LogP contribution in [0.3, 0.4) is 0 Å². The van der Waals surface area contributed by atoms with Crippen molar-refractivity contribution in [1.82, 2.24) is 0 Å². The molecule has 0 aromatic carbocycles. The van der Waals surface area contributed by atoms with Crippen molar-refractivity contribution in [3.8, 4) is 0 Å². The number of aliphatic hydroxyl groups excluding tert-OH is 1. The van der Waals surface area contributed by atoms with Gasteiger partial charge in [0.25, 0.3) is 0 Å². The van der Waals surface area contributed by atoms with E-state index in [1.807, 2.05) is 0 Å². The topological polar surface area (TPSA) is 29.5 Å². The Labute approximate surface area is 151 Å². The molecule has 0 aromatic rings. The lowest BCUT2D eigenvalue weighted by molar-refractivity contribution is 0.0319. The van der Waals surface area contributed by atoms with E-state index in [0.717, 1.165) is 43.0 Å². The quantitative estimate of drug-likeness (QED) is 0.393. The van der Waals surface area contributed by atoms with E-state index >= 15 is 0 Å². The van der Waals surface area contributed by atoms with Crippen LogP contribution in [-0.2, 0) is 4.43 Å². The monoisotopic (exact) mass is 352 g/mol. The molecule has 1 fully saturated rings. The smallest absolute Gasteiger partial charge is 0.193 e. The largest absolute Gasteiger partial charge is 0.407 e. The Bertz CT molecular complexity index is 452. The average molecular weight is 353 g/mol. The maximum atomic E-state index is 10.7. The molecule has 1 N–H and O–H groups in total. The summed E-state index contributed by atoms with van der Waals surface area (Å²) in [6, 6.07) is 3.49. The van der Waals surface area contributed by atoms with Crippen molar-refractivity contribution in [3.05, 3.63) is 23.3 Å². The van der Waals surface area contributed by atoms with Gasteiger partial charge in [-0.2, -0.15) is 0 Å². The maximum Gasteiger partial charge on any atom is 0.193 e. The van der Waals surface area contributed by atoms with Gasteiger partial charge in [0, 0.05) is 0 Å². The molecule has 0 bridgehead atoms. The van der Waals surface area contributed by atoms with E-state index in [2.05, 4.69) is 55.0 Å². The molecule has 1 unspecified atom stereocenters. The van der Waals surface area contributed by atoms with Crippen LogP contribution >= 0.6 is 0 Å². The first-order valence-corrected chi connectivity index (χ1v) is 12.4. The predicted molar refractivity (Wildman–Crippen MR) is 108 cm³/mol. The van der Waals surface area contributed by atoms with E-state index in [4.69, 9.17) is 4.43 Å². The standard InChI is InChI=1S/C21H40O2Si/c1-9-24(10-2,11-3)23-21(17(6)7)14-12-13-19(21)15-20(22)18(8)16(4)5/h19-20,22H,6,9-15H2,1-5,7-8H3/t19-,20?,21+/m1/s1. The van der Waals surface area contributed by atoms with E-state index in [9.17, 15) is 5.11 Å². The van der Waals surface area contributed by atoms with Gasteiger partial charge in [-0.3, -0.25) is 0 Å². The van der Waals surface area contributed by atoms with Gasteiger partial charge in [0.2, 0.25) is 0 Å². The minimum absolute atomic E-state index is 0.211. The Morgan fingerprint density at radius 3 is 2.12 bits per heavy atom. The van der Waals surface area contributed by atoms with Crippen molar-refractivity contribution in [2.75, 3.05) is 0 Å². The highest BCUT2D eigenvalue weighted by Crippen LogP contribution is 2.49. The fraction of sp³-hybridized carbons (Fsp3) is 0.810. The van der Waals surface area contributed by atoms with Crippen molar-refractivity contribution in [1.29, 1.82) is 0 Å². The van der Waals surface area contributed by atoms with Crippen molar-refractivity contribution in [2.24, 2.45) is 5.92 Å². The maximum absolute atomic E-state index is 10.7. The molecular formula is C21H40O2Si. The first-order chi connectivity index (χ1) is 11.2. The molecule has 1 saturated carbocycles. The zero-order chi connectivity index (χ0) is 18.5. The molecule has 3 atom stereocenters. The summed E-state index contributed by atoms with van der Waals surface area (Å²) in [5.41, 5.74) is 3.29. The number of hydrogen-bond donors (Lipinski definition) is 1. The predicted octanol–water partition coefficient (Wildman–Crippen LogP) is 6.23. The van der Waals surface area contributed by atoms with Crippen molar-refractivity contribution in [3.63, 3.8) is 0 Å². The van der Waals surface area contributed by atoms with Crippen LogP contribution in [0.25, 0.3) is 0 Å². The minimum Gasteiger partial charge on any atom is -0.407 e. The van der Waals surface area contributed by atoms with Gasteiger partial charge in [-0.25, -0.2) is 0 Å². The van der Waals surface area contributed by atoms with E-state index < -0.39 is 8.32 Å². The number of rotatable bonds is 9. The van der Waals surface area contributed by atoms with E-state index in [-0.39, 0.29) is 11.7 Å². The van der Waals surface area contributed by atoms with Gasteiger partial charge < -0.3 is 9.53 Å². The first kappa shape index (κ1) is 21.7. The van der Waals surface area contributed by atoms with Gasteiger partial charge in [0.15, 0.2) is 8.32 Å². The summed E-state index contributed by atoms with van der Waals surface area (Å²) in [7, 11) is -1.71. The molecule has 2 nitrogen and oxygen atoms in total. The summed E-state index contributed by atoms with van der Waals surface area (Å²) in [6.45, 7) is 19.6. The highest BCUT2D eigenvalue weighted by molar-refractivity contribution is 6.73. The molecule has 0 amide bonds. The van der Waals surface area contributed by atoms with Gasteiger partial charge in [-0.1, -0.05) is 32.9 Å². The second-order valence-corrected chi connectivity index (χ2v) is 12.7. The number of aliphatic hydroxyl groups is 1. The minimum atomic E-state index is -1.71. The van der Waals surface area contributed by atoms with Crippen molar-refractivity contribution < 1.29 is 9.53 Å². The molecule has 0 saturated heterocycles. The van der Waals surface area contributed by atoms with Crippen LogP contribution in [0, 0.1) is 5.92 Å². The number of allylic oxidation sites excluding steroid dienone is 1. The van der Waals surface area contributed by atoms with Crippen molar-refractivity contribution in [2.45, 2.75) is 104 Å². The molecule has 3 heteroatoms. The Balaban J connectivity index is 3.11. The third-order valence-electron chi connectivity index (χ3n) is 6.61. The highest BCUT2D eigenvalue weighted by Gasteiger charge is 2.49. The summed E-state index contributed by atoms with van der Waals surface area (Å²) < 4.78 is 7.06. The van der Waals surface area contributed by atoms with Crippen LogP contribution in [0.4, 0.5) is 0 Å². The molecule has 0 radical (unpaired) electrons. The number of hydrogen-bond acceptors (Lipinski definition) is 2. The lowest BCUT2D eigenvalue weighted by Gasteiger charge is -2.45. The summed E-state index contributed by atoms with van der Waals surface area (Å²) in [6.07, 6.45) is 3.83. The molecule has 1 aliphatic carbocycles. The van der Waals surface area contributed by atoms with Gasteiger partial charge in [0.05, 0.1) is 11.7 Å². The Morgan fingerprint density at radius 1 is 1.17 bits per heavy atom. The summed E-state index contributed by atoms with van der Waals surface area (Å²) in [5, 5.41) is 10.7. The lowest BCUT2D eigenvalue weighted by atomic mass is 9.80. The first-order valence-electron chi connectivity index (χ1n) is 9.86. The van der Waals surface area contributed by atoms with E-state index in [1.54, 1.807) is 0 Å². The molecule has 0 aromatic heterocycles. The summed E-state index contributed by atoms with van der Waals surface area (Å²) >= 11 is 0. The van der Waals surface area contributed by atoms with Crippen LogP contribution in [-0.4, -0.2) is 25.1 Å². The van der Waals surface area contributed by atoms with Gasteiger partial charge >= 0.3 is 0 Å². The second kappa shape index (κ2) is 8.82. The molecule has 24 heavy (non-hydrogen) atoms. The molecule has 1 rings (SSSR count). The summed E-state index contributed by atoms with van der Waals surface area (Å²) in [4.78, 5) is 0. The third-order valence-corrected chi connectivity index (χ3v) is 11.3. The van der Waals surface area contributed by atoms with Crippen LogP contribution in [0.15, 0.2) is 23.3 Å². The fourth-order valence-corrected chi connectivity index (χ4v) is 7.42. The average Bonchev–Trinajstić information content (AvgIpc) is 2.95. The van der Waals surface area contributed by atoms with Gasteiger partial charge in [-0.15, -0.1) is 0 Å². The second-order valence-electron chi connectivity index (χ2n) is 8.04. The lowest BCUT2D eigenvalue weighted by Crippen LogP contribution is -2.50. The van der Waals surface area contributed by atoms with E-state index in [1.165, 1.54) is 17.6 Å². The summed E-state index contributed by atoms with van der Waals surface area (Å²) in [5.74, 6) is 0.385. The van der Waals surface area contributed by atoms with Crippen LogP contribution in [0.1, 0.15) is 74.1 Å². The highest BCUT2D eigenvalue weighted by atomic mass is 28.4. The molecular weight excluding hydrogens is 312 g/mol. The van der Waals surface area contributed by atoms with E-state index in [0.29, 0.717) is 5.92 Å². The molecule has 0 aliphatic heterocycles. The Morgan fingerprint density at radius 2 is 1.71 bits per heavy atom. The molecule has 0 spiro atoms. The Hall–Kier alpha value is -0.383. The molecule has 140 valence electrons. The van der Waals surface area contributed by atoms with Crippen LogP contribution in [0.2, 0.25) is 18.1 Å². The molecule has 1 aliphatic rings. The third kappa shape index (κ3) is 4.42. The van der Waals surface area contributed by atoms with Crippen LogP contribution < -0.4 is 0 Å². The van der Waals surface area contributed by atoms with Crippen molar-refractivity contribution >= 4 is 8.32 Å². The Kier molecular flexibility index (Phi) is 7.96. The zero-order valence-electron chi connectivity index (χ0n) is 17.2. The molecule has 0 heterocycles. The fourth-order valence-electron chi connectivity index (χ4n) is 4.27. The SMILES string of the molecule is C=C(C)[C@@]1(O[Si](CC)(CC)CC)CCC[C@@H]1CC(O)C(C)=C(C)C.